The Morgan fingerprint density at radius 3 is 2.45 bits per heavy atom. The molecule has 0 N–H and O–H groups in total. The van der Waals surface area contributed by atoms with Crippen molar-refractivity contribution in [3.05, 3.63) is 30.7 Å². The van der Waals surface area contributed by atoms with Gasteiger partial charge < -0.3 is 0 Å². The van der Waals surface area contributed by atoms with E-state index in [0.717, 1.165) is 0 Å². The highest BCUT2D eigenvalue weighted by atomic mass is 127. The highest BCUT2D eigenvalue weighted by Gasteiger charge is 2.07. The van der Waals surface area contributed by atoms with Crippen LogP contribution in [-0.4, -0.2) is 0 Å². The minimum atomic E-state index is -0.605. The molecule has 0 aliphatic carbocycles. The zero-order valence-electron chi connectivity index (χ0n) is 5.37. The number of rotatable bonds is 1. The van der Waals surface area contributed by atoms with Crippen LogP contribution in [0.2, 0.25) is 0 Å². The molecular formula is C7H4F2I2. The van der Waals surface area contributed by atoms with Crippen molar-refractivity contribution in [3.8, 4) is 0 Å². The Balaban J connectivity index is 3.25. The van der Waals surface area contributed by atoms with Crippen LogP contribution in [0.15, 0.2) is 12.1 Å². The molecule has 0 bridgehead atoms. The van der Waals surface area contributed by atoms with Crippen molar-refractivity contribution in [1.82, 2.24) is 0 Å². The van der Waals surface area contributed by atoms with Gasteiger partial charge in [0.15, 0.2) is 0 Å². The van der Waals surface area contributed by atoms with Crippen LogP contribution in [0.1, 0.15) is 5.56 Å². The predicted molar refractivity (Wildman–Crippen MR) is 56.6 cm³/mol. The summed E-state index contributed by atoms with van der Waals surface area (Å²) in [5, 5.41) is 0. The lowest BCUT2D eigenvalue weighted by Gasteiger charge is -2.01. The van der Waals surface area contributed by atoms with E-state index in [4.69, 9.17) is 0 Å². The third-order valence-corrected chi connectivity index (χ3v) is 3.26. The minimum Gasteiger partial charge on any atom is -0.246 e. The summed E-state index contributed by atoms with van der Waals surface area (Å²) < 4.78 is 26.0. The lowest BCUT2D eigenvalue weighted by molar-refractivity contribution is 0.479. The fourth-order valence-electron chi connectivity index (χ4n) is 0.669. The van der Waals surface area contributed by atoms with Crippen LogP contribution in [0.25, 0.3) is 0 Å². The molecule has 0 fully saturated rings. The van der Waals surface area contributed by atoms with Gasteiger partial charge in [-0.1, -0.05) is 6.07 Å². The summed E-state index contributed by atoms with van der Waals surface area (Å²) >= 11 is 3.69. The molecule has 0 aromatic heterocycles. The zero-order chi connectivity index (χ0) is 8.43. The van der Waals surface area contributed by atoms with Gasteiger partial charge in [-0.3, -0.25) is 0 Å². The van der Waals surface area contributed by atoms with Gasteiger partial charge in [-0.05, 0) is 56.8 Å². The van der Waals surface area contributed by atoms with Gasteiger partial charge in [-0.2, -0.15) is 0 Å². The van der Waals surface area contributed by atoms with E-state index in [1.54, 1.807) is 12.1 Å². The average Bonchev–Trinajstić information content (AvgIpc) is 2.01. The van der Waals surface area contributed by atoms with E-state index in [1.807, 2.05) is 45.2 Å². The summed E-state index contributed by atoms with van der Waals surface area (Å²) in [6, 6.07) is 3.18. The van der Waals surface area contributed by atoms with Gasteiger partial charge in [-0.25, -0.2) is 8.78 Å². The summed E-state index contributed by atoms with van der Waals surface area (Å²) in [6.07, 6.45) is 0. The van der Waals surface area contributed by atoms with Crippen LogP contribution in [0.3, 0.4) is 0 Å². The predicted octanol–water partition coefficient (Wildman–Crippen LogP) is 3.50. The maximum absolute atomic E-state index is 13.0. The molecule has 0 nitrogen and oxygen atoms in total. The standard InChI is InChI=1S/C7H4F2I2/c8-3-4-1-2-5(10)6(9)7(4)11/h1-2H,3H2. The molecule has 1 rings (SSSR count). The van der Waals surface area contributed by atoms with Gasteiger partial charge in [0.1, 0.15) is 12.5 Å². The quantitative estimate of drug-likeness (QED) is 0.517. The van der Waals surface area contributed by atoms with E-state index < -0.39 is 6.67 Å². The average molecular weight is 380 g/mol. The Hall–Kier alpha value is 0.540. The first kappa shape index (κ1) is 9.63. The zero-order valence-corrected chi connectivity index (χ0v) is 9.69. The van der Waals surface area contributed by atoms with Crippen molar-refractivity contribution in [1.29, 1.82) is 0 Å². The molecule has 1 aromatic carbocycles. The molecule has 4 heteroatoms. The number of benzene rings is 1. The normalized spacial score (nSPS) is 10.2. The fourth-order valence-corrected chi connectivity index (χ4v) is 2.25. The number of hydrogen-bond acceptors (Lipinski definition) is 0. The fraction of sp³-hybridized carbons (Fsp3) is 0.143. The molecule has 0 saturated heterocycles. The molecule has 0 amide bonds. The number of hydrogen-bond donors (Lipinski definition) is 0. The maximum atomic E-state index is 13.0. The largest absolute Gasteiger partial charge is 0.246 e. The van der Waals surface area contributed by atoms with Crippen molar-refractivity contribution in [2.24, 2.45) is 0 Å². The SMILES string of the molecule is FCc1ccc(I)c(F)c1I. The van der Waals surface area contributed by atoms with Gasteiger partial charge in [-0.15, -0.1) is 0 Å². The van der Waals surface area contributed by atoms with E-state index in [9.17, 15) is 8.78 Å². The van der Waals surface area contributed by atoms with Gasteiger partial charge in [0, 0.05) is 3.57 Å². The highest BCUT2D eigenvalue weighted by Crippen LogP contribution is 2.21. The summed E-state index contributed by atoms with van der Waals surface area (Å²) in [4.78, 5) is 0. The Morgan fingerprint density at radius 2 is 1.91 bits per heavy atom. The second-order valence-corrected chi connectivity index (χ2v) is 4.21. The molecule has 0 aliphatic heterocycles. The molecule has 0 aliphatic rings. The van der Waals surface area contributed by atoms with Crippen LogP contribution in [-0.2, 0) is 6.67 Å². The van der Waals surface area contributed by atoms with Crippen LogP contribution < -0.4 is 0 Å². The van der Waals surface area contributed by atoms with Crippen LogP contribution in [0.5, 0.6) is 0 Å². The van der Waals surface area contributed by atoms with Crippen molar-refractivity contribution in [3.63, 3.8) is 0 Å². The van der Waals surface area contributed by atoms with E-state index in [2.05, 4.69) is 0 Å². The van der Waals surface area contributed by atoms with Gasteiger partial charge in [0.2, 0.25) is 0 Å². The van der Waals surface area contributed by atoms with Gasteiger partial charge in [0.05, 0.1) is 3.57 Å². The Kier molecular flexibility index (Phi) is 3.48. The maximum Gasteiger partial charge on any atom is 0.150 e. The summed E-state index contributed by atoms with van der Waals surface area (Å²) in [7, 11) is 0. The first-order valence-corrected chi connectivity index (χ1v) is 5.01. The molecule has 0 saturated carbocycles. The van der Waals surface area contributed by atoms with Crippen molar-refractivity contribution >= 4 is 45.2 Å². The van der Waals surface area contributed by atoms with E-state index >= 15 is 0 Å². The summed E-state index contributed by atoms with van der Waals surface area (Å²) in [5.74, 6) is -0.318. The Bertz CT molecular complexity index is 273. The van der Waals surface area contributed by atoms with E-state index in [0.29, 0.717) is 12.7 Å². The Labute approximate surface area is 90.7 Å². The second-order valence-electron chi connectivity index (χ2n) is 1.97. The molecule has 11 heavy (non-hydrogen) atoms. The number of halogens is 4. The lowest BCUT2D eigenvalue weighted by Crippen LogP contribution is -1.92. The molecule has 0 atom stereocenters. The monoisotopic (exact) mass is 380 g/mol. The molecule has 60 valence electrons. The second kappa shape index (κ2) is 3.97. The molecular weight excluding hydrogens is 376 g/mol. The van der Waals surface area contributed by atoms with E-state index in [1.165, 1.54) is 0 Å². The van der Waals surface area contributed by atoms with Gasteiger partial charge >= 0.3 is 0 Å². The van der Waals surface area contributed by atoms with Crippen molar-refractivity contribution in [2.75, 3.05) is 0 Å². The molecule has 0 spiro atoms. The molecule has 0 radical (unpaired) electrons. The van der Waals surface area contributed by atoms with Crippen LogP contribution >= 0.6 is 45.2 Å². The first-order chi connectivity index (χ1) is 5.16. The summed E-state index contributed by atoms with van der Waals surface area (Å²) in [5.41, 5.74) is 0.420. The molecule has 0 unspecified atom stereocenters. The lowest BCUT2D eigenvalue weighted by atomic mass is 10.2. The third kappa shape index (κ3) is 2.01. The Morgan fingerprint density at radius 1 is 1.27 bits per heavy atom. The van der Waals surface area contributed by atoms with Crippen molar-refractivity contribution < 1.29 is 8.78 Å². The number of alkyl halides is 1. The first-order valence-electron chi connectivity index (χ1n) is 2.85. The topological polar surface area (TPSA) is 0 Å². The minimum absolute atomic E-state index is 0.318. The molecule has 0 heterocycles. The third-order valence-electron chi connectivity index (χ3n) is 1.26. The summed E-state index contributed by atoms with van der Waals surface area (Å²) in [6.45, 7) is -0.605. The molecule has 1 aromatic rings. The van der Waals surface area contributed by atoms with Crippen LogP contribution in [0, 0.1) is 13.0 Å². The van der Waals surface area contributed by atoms with Crippen molar-refractivity contribution in [2.45, 2.75) is 6.67 Å². The van der Waals surface area contributed by atoms with E-state index in [-0.39, 0.29) is 5.82 Å². The smallest absolute Gasteiger partial charge is 0.150 e. The van der Waals surface area contributed by atoms with Gasteiger partial charge in [0.25, 0.3) is 0 Å². The highest BCUT2D eigenvalue weighted by molar-refractivity contribution is 14.1. The van der Waals surface area contributed by atoms with Crippen LogP contribution in [0.4, 0.5) is 8.78 Å².